The van der Waals surface area contributed by atoms with Crippen LogP contribution in [0.15, 0.2) is 30.3 Å². The Morgan fingerprint density at radius 3 is 2.70 bits per heavy atom. The molecule has 1 aliphatic heterocycles. The fourth-order valence-electron chi connectivity index (χ4n) is 2.87. The summed E-state index contributed by atoms with van der Waals surface area (Å²) in [6.45, 7) is 5.81. The zero-order chi connectivity index (χ0) is 16.4. The summed E-state index contributed by atoms with van der Waals surface area (Å²) in [6, 6.07) is 10.2. The molecule has 2 heterocycles. The number of para-hydroxylation sites is 1. The van der Waals surface area contributed by atoms with Crippen molar-refractivity contribution in [1.29, 1.82) is 0 Å². The van der Waals surface area contributed by atoms with Crippen LogP contribution in [0.2, 0.25) is 0 Å². The van der Waals surface area contributed by atoms with Crippen LogP contribution in [-0.2, 0) is 16.4 Å². The maximum absolute atomic E-state index is 11.8. The molecule has 0 unspecified atom stereocenters. The summed E-state index contributed by atoms with van der Waals surface area (Å²) in [5, 5.41) is 4.61. The highest BCUT2D eigenvalue weighted by atomic mass is 32.2. The summed E-state index contributed by atoms with van der Waals surface area (Å²) in [5.74, 6) is 0.551. The van der Waals surface area contributed by atoms with Gasteiger partial charge in [0.25, 0.3) is 0 Å². The number of rotatable bonds is 6. The van der Waals surface area contributed by atoms with E-state index in [9.17, 15) is 8.42 Å². The molecule has 124 valence electrons. The van der Waals surface area contributed by atoms with E-state index < -0.39 is 10.0 Å². The Labute approximate surface area is 137 Å². The third-order valence-electron chi connectivity index (χ3n) is 4.39. The molecule has 5 nitrogen and oxygen atoms in total. The standard InChI is InChI=1S/C17H23N3O2S/c1-3-14-9-17(15-7-5-6-8-16(15)19-14)18-10-13-11-20(12-13)23(21,22)4-2/h5-9,13H,3-4,10-12H2,1-2H3,(H,18,19). The molecular formula is C17H23N3O2S. The van der Waals surface area contributed by atoms with Crippen molar-refractivity contribution in [3.05, 3.63) is 36.0 Å². The van der Waals surface area contributed by atoms with Crippen molar-refractivity contribution in [3.63, 3.8) is 0 Å². The zero-order valence-electron chi connectivity index (χ0n) is 13.6. The molecule has 0 atom stereocenters. The van der Waals surface area contributed by atoms with Gasteiger partial charge in [0.15, 0.2) is 0 Å². The highest BCUT2D eigenvalue weighted by molar-refractivity contribution is 7.89. The number of anilines is 1. The smallest absolute Gasteiger partial charge is 0.213 e. The minimum absolute atomic E-state index is 0.183. The van der Waals surface area contributed by atoms with E-state index in [2.05, 4.69) is 29.4 Å². The summed E-state index contributed by atoms with van der Waals surface area (Å²) in [4.78, 5) is 4.64. The van der Waals surface area contributed by atoms with Crippen molar-refractivity contribution in [2.24, 2.45) is 5.92 Å². The quantitative estimate of drug-likeness (QED) is 0.882. The van der Waals surface area contributed by atoms with E-state index in [0.717, 1.165) is 35.2 Å². The van der Waals surface area contributed by atoms with Gasteiger partial charge in [-0.3, -0.25) is 4.98 Å². The van der Waals surface area contributed by atoms with Crippen LogP contribution in [0.4, 0.5) is 5.69 Å². The number of fused-ring (bicyclic) bond motifs is 1. The molecule has 0 bridgehead atoms. The van der Waals surface area contributed by atoms with E-state index in [0.29, 0.717) is 19.0 Å². The normalized spacial score (nSPS) is 16.4. The maximum Gasteiger partial charge on any atom is 0.213 e. The van der Waals surface area contributed by atoms with Gasteiger partial charge in [-0.05, 0) is 25.5 Å². The van der Waals surface area contributed by atoms with Gasteiger partial charge in [-0.2, -0.15) is 0 Å². The van der Waals surface area contributed by atoms with Gasteiger partial charge in [0.2, 0.25) is 10.0 Å². The van der Waals surface area contributed by atoms with E-state index in [1.54, 1.807) is 11.2 Å². The van der Waals surface area contributed by atoms with Gasteiger partial charge in [0, 0.05) is 42.3 Å². The monoisotopic (exact) mass is 333 g/mol. The lowest BCUT2D eigenvalue weighted by Crippen LogP contribution is -2.52. The van der Waals surface area contributed by atoms with Crippen molar-refractivity contribution in [2.75, 3.05) is 30.7 Å². The van der Waals surface area contributed by atoms with Gasteiger partial charge in [0.1, 0.15) is 0 Å². The van der Waals surface area contributed by atoms with Gasteiger partial charge < -0.3 is 5.32 Å². The molecule has 6 heteroatoms. The highest BCUT2D eigenvalue weighted by Crippen LogP contribution is 2.25. The fourth-order valence-corrected chi connectivity index (χ4v) is 4.11. The summed E-state index contributed by atoms with van der Waals surface area (Å²) >= 11 is 0. The number of nitrogens with one attached hydrogen (secondary N) is 1. The molecule has 1 aromatic carbocycles. The molecular weight excluding hydrogens is 310 g/mol. The molecule has 1 fully saturated rings. The van der Waals surface area contributed by atoms with Crippen molar-refractivity contribution in [3.8, 4) is 0 Å². The van der Waals surface area contributed by atoms with E-state index in [-0.39, 0.29) is 5.75 Å². The number of nitrogens with zero attached hydrogens (tertiary/aromatic N) is 2. The lowest BCUT2D eigenvalue weighted by molar-refractivity contribution is 0.212. The molecule has 0 spiro atoms. The van der Waals surface area contributed by atoms with E-state index in [4.69, 9.17) is 0 Å². The molecule has 1 saturated heterocycles. The number of benzene rings is 1. The number of hydrogen-bond donors (Lipinski definition) is 1. The minimum Gasteiger partial charge on any atom is -0.384 e. The molecule has 0 amide bonds. The number of aryl methyl sites for hydroxylation is 1. The molecule has 0 saturated carbocycles. The van der Waals surface area contributed by atoms with Crippen LogP contribution in [-0.4, -0.2) is 43.1 Å². The van der Waals surface area contributed by atoms with Crippen LogP contribution in [0.5, 0.6) is 0 Å². The van der Waals surface area contributed by atoms with Crippen molar-refractivity contribution >= 4 is 26.6 Å². The third-order valence-corrected chi connectivity index (χ3v) is 6.21. The van der Waals surface area contributed by atoms with Crippen LogP contribution >= 0.6 is 0 Å². The molecule has 1 aliphatic rings. The van der Waals surface area contributed by atoms with E-state index >= 15 is 0 Å². The molecule has 23 heavy (non-hydrogen) atoms. The first-order valence-electron chi connectivity index (χ1n) is 8.14. The molecule has 1 aromatic heterocycles. The molecule has 0 radical (unpaired) electrons. The van der Waals surface area contributed by atoms with E-state index in [1.165, 1.54) is 0 Å². The summed E-state index contributed by atoms with van der Waals surface area (Å²) in [5.41, 5.74) is 3.15. The summed E-state index contributed by atoms with van der Waals surface area (Å²) in [6.07, 6.45) is 0.894. The topological polar surface area (TPSA) is 62.3 Å². The average molecular weight is 333 g/mol. The summed E-state index contributed by atoms with van der Waals surface area (Å²) < 4.78 is 25.1. The first-order chi connectivity index (χ1) is 11.0. The Kier molecular flexibility index (Phi) is 4.55. The van der Waals surface area contributed by atoms with Crippen molar-refractivity contribution in [2.45, 2.75) is 20.3 Å². The van der Waals surface area contributed by atoms with Crippen LogP contribution in [0, 0.1) is 5.92 Å². The summed E-state index contributed by atoms with van der Waals surface area (Å²) in [7, 11) is -3.03. The largest absolute Gasteiger partial charge is 0.384 e. The third kappa shape index (κ3) is 3.33. The first kappa shape index (κ1) is 16.2. The Morgan fingerprint density at radius 1 is 1.26 bits per heavy atom. The molecule has 2 aromatic rings. The number of aromatic nitrogens is 1. The molecule has 3 rings (SSSR count). The van der Waals surface area contributed by atoms with Gasteiger partial charge in [-0.1, -0.05) is 25.1 Å². The number of hydrogen-bond acceptors (Lipinski definition) is 4. The highest BCUT2D eigenvalue weighted by Gasteiger charge is 2.34. The second-order valence-electron chi connectivity index (χ2n) is 6.00. The van der Waals surface area contributed by atoms with Crippen molar-refractivity contribution < 1.29 is 8.42 Å². The van der Waals surface area contributed by atoms with Gasteiger partial charge in [0.05, 0.1) is 11.3 Å². The lowest BCUT2D eigenvalue weighted by Gasteiger charge is -2.38. The maximum atomic E-state index is 11.8. The Hall–Kier alpha value is -1.66. The van der Waals surface area contributed by atoms with Gasteiger partial charge in [-0.15, -0.1) is 0 Å². The van der Waals surface area contributed by atoms with Crippen LogP contribution in [0.1, 0.15) is 19.5 Å². The van der Waals surface area contributed by atoms with Gasteiger partial charge in [-0.25, -0.2) is 12.7 Å². The van der Waals surface area contributed by atoms with Crippen molar-refractivity contribution in [1.82, 2.24) is 9.29 Å². The predicted octanol–water partition coefficient (Wildman–Crippen LogP) is 2.49. The lowest BCUT2D eigenvalue weighted by atomic mass is 10.0. The van der Waals surface area contributed by atoms with Gasteiger partial charge >= 0.3 is 0 Å². The number of pyridine rings is 1. The number of sulfonamides is 1. The molecule has 0 aliphatic carbocycles. The predicted molar refractivity (Wildman–Crippen MR) is 94.1 cm³/mol. The zero-order valence-corrected chi connectivity index (χ0v) is 14.4. The fraction of sp³-hybridized carbons (Fsp3) is 0.471. The van der Waals surface area contributed by atoms with Crippen LogP contribution < -0.4 is 5.32 Å². The second kappa shape index (κ2) is 6.45. The van der Waals surface area contributed by atoms with Crippen LogP contribution in [0.25, 0.3) is 10.9 Å². The Morgan fingerprint density at radius 2 is 2.00 bits per heavy atom. The Balaban J connectivity index is 1.69. The minimum atomic E-state index is -3.03. The Bertz CT molecular complexity index is 799. The SMILES string of the molecule is CCc1cc(NCC2CN(S(=O)(=O)CC)C2)c2ccccc2n1. The second-order valence-corrected chi connectivity index (χ2v) is 8.25. The first-order valence-corrected chi connectivity index (χ1v) is 9.74. The average Bonchev–Trinajstić information content (AvgIpc) is 2.52. The van der Waals surface area contributed by atoms with Crippen LogP contribution in [0.3, 0.4) is 0 Å². The molecule has 1 N–H and O–H groups in total. The van der Waals surface area contributed by atoms with E-state index in [1.807, 2.05) is 18.2 Å².